The normalized spacial score (nSPS) is 12.2. The summed E-state index contributed by atoms with van der Waals surface area (Å²) in [5, 5.41) is 0. The predicted molar refractivity (Wildman–Crippen MR) is 94.6 cm³/mol. The zero-order valence-corrected chi connectivity index (χ0v) is 15.3. The molecule has 10 heteroatoms. The first-order valence-corrected chi connectivity index (χ1v) is 8.28. The summed E-state index contributed by atoms with van der Waals surface area (Å²) >= 11 is 0. The van der Waals surface area contributed by atoms with Crippen molar-refractivity contribution < 1.29 is 31.4 Å². The first-order valence-electron chi connectivity index (χ1n) is 8.28. The first-order chi connectivity index (χ1) is 13.5. The lowest BCUT2D eigenvalue weighted by Crippen LogP contribution is -2.24. The number of methoxy groups -OCH3 is 1. The number of fused-ring (bicyclic) bond motifs is 1. The molecule has 5 nitrogen and oxygen atoms in total. The van der Waals surface area contributed by atoms with Gasteiger partial charge in [0.15, 0.2) is 12.3 Å². The fourth-order valence-electron chi connectivity index (χ4n) is 2.64. The van der Waals surface area contributed by atoms with Gasteiger partial charge in [0, 0.05) is 19.2 Å². The summed E-state index contributed by atoms with van der Waals surface area (Å²) in [4.78, 5) is 16.4. The number of benzene rings is 1. The number of nitrogens with zero attached hydrogens (tertiary/aromatic N) is 2. The van der Waals surface area contributed by atoms with Crippen LogP contribution in [-0.2, 0) is 6.18 Å². The summed E-state index contributed by atoms with van der Waals surface area (Å²) in [6, 6.07) is 7.42. The predicted octanol–water partition coefficient (Wildman–Crippen LogP) is 4.42. The Morgan fingerprint density at radius 3 is 2.24 bits per heavy atom. The average molecular weight is 414 g/mol. The molecular formula is C19H15F5N2O3. The molecule has 3 rings (SSSR count). The maximum Gasteiger partial charge on any atom is 0.434 e. The number of hydrogen-bond acceptors (Lipinski definition) is 4. The molecule has 2 heterocycles. The van der Waals surface area contributed by atoms with Crippen LogP contribution in [0.15, 0.2) is 47.4 Å². The summed E-state index contributed by atoms with van der Waals surface area (Å²) in [5.41, 5.74) is -3.25. The monoisotopic (exact) mass is 414 g/mol. The molecule has 0 saturated carbocycles. The molecule has 0 spiro atoms. The van der Waals surface area contributed by atoms with Crippen molar-refractivity contribution in [1.82, 2.24) is 9.38 Å². The number of halogens is 5. The third kappa shape index (κ3) is 4.47. The van der Waals surface area contributed by atoms with Crippen molar-refractivity contribution in [2.24, 2.45) is 0 Å². The van der Waals surface area contributed by atoms with Crippen molar-refractivity contribution >= 4 is 5.65 Å². The molecule has 29 heavy (non-hydrogen) atoms. The summed E-state index contributed by atoms with van der Waals surface area (Å²) in [6.45, 7) is -0.212. The van der Waals surface area contributed by atoms with Crippen LogP contribution in [-0.4, -0.2) is 29.0 Å². The molecule has 154 valence electrons. The van der Waals surface area contributed by atoms with Gasteiger partial charge in [-0.15, -0.1) is 0 Å². The largest absolute Gasteiger partial charge is 0.497 e. The third-order valence-electron chi connectivity index (χ3n) is 3.94. The zero-order chi connectivity index (χ0) is 21.4. The van der Waals surface area contributed by atoms with Gasteiger partial charge >= 0.3 is 6.18 Å². The van der Waals surface area contributed by atoms with Crippen molar-refractivity contribution in [3.05, 3.63) is 58.6 Å². The highest BCUT2D eigenvalue weighted by Gasteiger charge is 2.38. The minimum atomic E-state index is -4.90. The lowest BCUT2D eigenvalue weighted by molar-refractivity contribution is -0.140. The zero-order valence-electron chi connectivity index (χ0n) is 15.3. The van der Waals surface area contributed by atoms with E-state index in [2.05, 4.69) is 4.98 Å². The Hall–Kier alpha value is -3.17. The van der Waals surface area contributed by atoms with Gasteiger partial charge in [-0.05, 0) is 23.8 Å². The number of alkyl halides is 5. The molecule has 0 atom stereocenters. The number of ether oxygens (including phenoxy) is 2. The number of aromatic nitrogens is 2. The van der Waals surface area contributed by atoms with Crippen LogP contribution in [0.3, 0.4) is 0 Å². The Bertz CT molecular complexity index is 1090. The van der Waals surface area contributed by atoms with Gasteiger partial charge in [-0.1, -0.05) is 12.1 Å². The SMILES string of the molecule is COc1ccn2c(=O)c(-c3ccc(OCC(C)(F)F)cc3)c(C(F)(F)F)nc2c1. The second-order valence-corrected chi connectivity index (χ2v) is 6.32. The highest BCUT2D eigenvalue weighted by Crippen LogP contribution is 2.35. The maximum atomic E-state index is 13.6. The Balaban J connectivity index is 2.13. The van der Waals surface area contributed by atoms with E-state index >= 15 is 0 Å². The molecule has 0 saturated heterocycles. The van der Waals surface area contributed by atoms with E-state index in [1.165, 1.54) is 49.7 Å². The highest BCUT2D eigenvalue weighted by molar-refractivity contribution is 5.68. The van der Waals surface area contributed by atoms with Crippen LogP contribution in [0.4, 0.5) is 22.0 Å². The smallest absolute Gasteiger partial charge is 0.434 e. The van der Waals surface area contributed by atoms with E-state index in [9.17, 15) is 26.7 Å². The van der Waals surface area contributed by atoms with Gasteiger partial charge in [-0.25, -0.2) is 13.8 Å². The second kappa shape index (κ2) is 7.34. The minimum absolute atomic E-state index is 0.0300. The molecule has 2 aromatic heterocycles. The van der Waals surface area contributed by atoms with Crippen molar-refractivity contribution in [2.45, 2.75) is 19.0 Å². The molecule has 0 bridgehead atoms. The van der Waals surface area contributed by atoms with Gasteiger partial charge in [0.05, 0.1) is 12.7 Å². The molecule has 0 aliphatic carbocycles. The second-order valence-electron chi connectivity index (χ2n) is 6.32. The number of hydrogen-bond donors (Lipinski definition) is 0. The molecule has 3 aromatic rings. The maximum absolute atomic E-state index is 13.6. The van der Waals surface area contributed by atoms with Crippen LogP contribution in [0.2, 0.25) is 0 Å². The quantitative estimate of drug-likeness (QED) is 0.580. The Labute approximate surface area is 161 Å². The molecule has 0 N–H and O–H groups in total. The molecule has 1 aromatic carbocycles. The first kappa shape index (κ1) is 20.6. The molecule has 0 fully saturated rings. The average Bonchev–Trinajstić information content (AvgIpc) is 2.65. The molecular weight excluding hydrogens is 399 g/mol. The Morgan fingerprint density at radius 2 is 1.69 bits per heavy atom. The molecule has 0 radical (unpaired) electrons. The highest BCUT2D eigenvalue weighted by atomic mass is 19.4. The molecule has 0 amide bonds. The van der Waals surface area contributed by atoms with Gasteiger partial charge in [0.25, 0.3) is 11.5 Å². The Morgan fingerprint density at radius 1 is 1.03 bits per heavy atom. The van der Waals surface area contributed by atoms with Gasteiger partial charge in [0.2, 0.25) is 0 Å². The molecule has 0 unspecified atom stereocenters. The summed E-state index contributed by atoms with van der Waals surface area (Å²) in [7, 11) is 1.33. The fraction of sp³-hybridized carbons (Fsp3) is 0.263. The summed E-state index contributed by atoms with van der Waals surface area (Å²) in [5.74, 6) is -2.79. The van der Waals surface area contributed by atoms with Crippen molar-refractivity contribution in [2.75, 3.05) is 13.7 Å². The summed E-state index contributed by atoms with van der Waals surface area (Å²) in [6.07, 6.45) is -3.64. The van der Waals surface area contributed by atoms with Crippen LogP contribution in [0.25, 0.3) is 16.8 Å². The van der Waals surface area contributed by atoms with Crippen LogP contribution in [0.1, 0.15) is 12.6 Å². The van der Waals surface area contributed by atoms with Gasteiger partial charge in [0.1, 0.15) is 17.1 Å². The van der Waals surface area contributed by atoms with Gasteiger partial charge in [-0.3, -0.25) is 9.20 Å². The van der Waals surface area contributed by atoms with E-state index in [0.717, 1.165) is 4.40 Å². The van der Waals surface area contributed by atoms with E-state index in [0.29, 0.717) is 6.92 Å². The third-order valence-corrected chi connectivity index (χ3v) is 3.94. The lowest BCUT2D eigenvalue weighted by atomic mass is 10.0. The van der Waals surface area contributed by atoms with Crippen molar-refractivity contribution in [3.8, 4) is 22.6 Å². The van der Waals surface area contributed by atoms with E-state index < -0.39 is 35.5 Å². The minimum Gasteiger partial charge on any atom is -0.497 e. The standard InChI is InChI=1S/C19H15F5N2O3/c1-18(20,21)10-29-12-5-3-11(4-6-12)15-16(19(22,23)24)25-14-9-13(28-2)7-8-26(14)17(15)27/h3-9H,10H2,1-2H3. The Kier molecular flexibility index (Phi) is 5.20. The van der Waals surface area contributed by atoms with Crippen LogP contribution < -0.4 is 15.0 Å². The molecule has 0 aliphatic heterocycles. The van der Waals surface area contributed by atoms with Crippen LogP contribution >= 0.6 is 0 Å². The fourth-order valence-corrected chi connectivity index (χ4v) is 2.64. The number of rotatable bonds is 5. The van der Waals surface area contributed by atoms with Crippen molar-refractivity contribution in [1.29, 1.82) is 0 Å². The topological polar surface area (TPSA) is 52.8 Å². The molecule has 0 aliphatic rings. The van der Waals surface area contributed by atoms with E-state index in [4.69, 9.17) is 9.47 Å². The lowest BCUT2D eigenvalue weighted by Gasteiger charge is -2.15. The van der Waals surface area contributed by atoms with Gasteiger partial charge in [-0.2, -0.15) is 13.2 Å². The van der Waals surface area contributed by atoms with Crippen LogP contribution in [0.5, 0.6) is 11.5 Å². The van der Waals surface area contributed by atoms with Crippen LogP contribution in [0, 0.1) is 0 Å². The van der Waals surface area contributed by atoms with Crippen molar-refractivity contribution in [3.63, 3.8) is 0 Å². The van der Waals surface area contributed by atoms with E-state index in [1.54, 1.807) is 0 Å². The van der Waals surface area contributed by atoms with E-state index in [-0.39, 0.29) is 22.7 Å². The van der Waals surface area contributed by atoms with Gasteiger partial charge < -0.3 is 9.47 Å². The number of pyridine rings is 1. The summed E-state index contributed by atoms with van der Waals surface area (Å²) < 4.78 is 77.4. The van der Waals surface area contributed by atoms with E-state index in [1.807, 2.05) is 0 Å².